The summed E-state index contributed by atoms with van der Waals surface area (Å²) in [6, 6.07) is 0.463. The lowest BCUT2D eigenvalue weighted by Crippen LogP contribution is -2.53. The maximum Gasteiger partial charge on any atom is 0.224 e. The van der Waals surface area contributed by atoms with E-state index in [9.17, 15) is 0 Å². The van der Waals surface area contributed by atoms with E-state index in [1.807, 2.05) is 0 Å². The number of rotatable bonds is 3. The van der Waals surface area contributed by atoms with Crippen LogP contribution in [-0.4, -0.2) is 47.6 Å². The van der Waals surface area contributed by atoms with E-state index >= 15 is 0 Å². The fraction of sp³-hybridized carbons (Fsp3) is 0.667. The second kappa shape index (κ2) is 4.90. The van der Waals surface area contributed by atoms with Gasteiger partial charge in [0.15, 0.2) is 5.82 Å². The van der Waals surface area contributed by atoms with Crippen LogP contribution in [-0.2, 0) is 0 Å². The molecule has 4 rings (SSSR count). The van der Waals surface area contributed by atoms with Gasteiger partial charge < -0.3 is 15.5 Å². The van der Waals surface area contributed by atoms with E-state index in [1.54, 1.807) is 13.2 Å². The van der Waals surface area contributed by atoms with Crippen molar-refractivity contribution in [1.82, 2.24) is 14.9 Å². The first-order valence-electron chi connectivity index (χ1n) is 6.45. The molecule has 1 aromatic rings. The highest BCUT2D eigenvalue weighted by Gasteiger charge is 2.34. The molecule has 98 valence electrons. The first-order chi connectivity index (χ1) is 8.76. The monoisotopic (exact) mass is 267 g/mol. The lowest BCUT2D eigenvalue weighted by Gasteiger charge is -2.45. The Morgan fingerprint density at radius 3 is 2.78 bits per heavy atom. The molecule has 0 radical (unpaired) electrons. The molecule has 2 bridgehead atoms. The number of halogens is 1. The Morgan fingerprint density at radius 1 is 1.39 bits per heavy atom. The van der Waals surface area contributed by atoms with Gasteiger partial charge in [0.25, 0.3) is 0 Å². The number of nitrogens with one attached hydrogen (secondary N) is 2. The number of aromatic nitrogens is 2. The summed E-state index contributed by atoms with van der Waals surface area (Å²) in [5.41, 5.74) is 0. The van der Waals surface area contributed by atoms with Crippen LogP contribution in [0.4, 0.5) is 11.8 Å². The summed E-state index contributed by atoms with van der Waals surface area (Å²) < 4.78 is 0. The van der Waals surface area contributed by atoms with Gasteiger partial charge in [0.1, 0.15) is 5.02 Å². The van der Waals surface area contributed by atoms with E-state index in [4.69, 9.17) is 11.6 Å². The van der Waals surface area contributed by atoms with E-state index < -0.39 is 0 Å². The number of nitrogens with zero attached hydrogens (tertiary/aromatic N) is 3. The third-order valence-electron chi connectivity index (χ3n) is 3.95. The molecule has 1 unspecified atom stereocenters. The molecule has 0 spiro atoms. The van der Waals surface area contributed by atoms with Crippen LogP contribution in [0.2, 0.25) is 5.02 Å². The SMILES string of the molecule is CNc1ncc(Cl)c(NC2CN3CCC2CC3)n1. The molecule has 18 heavy (non-hydrogen) atoms. The molecule has 5 nitrogen and oxygen atoms in total. The van der Waals surface area contributed by atoms with Crippen molar-refractivity contribution >= 4 is 23.4 Å². The standard InChI is InChI=1S/C12H18ClN5/c1-14-12-15-6-9(13)11(17-12)16-10-7-18-4-2-8(10)3-5-18/h6,8,10H,2-5,7H2,1H3,(H2,14,15,16,17). The minimum atomic E-state index is 0.463. The Bertz CT molecular complexity index is 430. The number of piperidine rings is 3. The molecule has 4 heterocycles. The molecule has 0 saturated carbocycles. The quantitative estimate of drug-likeness (QED) is 0.873. The molecule has 2 N–H and O–H groups in total. The summed E-state index contributed by atoms with van der Waals surface area (Å²) in [5, 5.41) is 7.01. The molecular formula is C12H18ClN5. The minimum absolute atomic E-state index is 0.463. The van der Waals surface area contributed by atoms with Crippen molar-refractivity contribution < 1.29 is 0 Å². The fourth-order valence-corrected chi connectivity index (χ4v) is 3.04. The summed E-state index contributed by atoms with van der Waals surface area (Å²) in [7, 11) is 1.81. The molecule has 3 aliphatic rings. The van der Waals surface area contributed by atoms with Crippen LogP contribution in [0.3, 0.4) is 0 Å². The van der Waals surface area contributed by atoms with Crippen LogP contribution in [0.5, 0.6) is 0 Å². The van der Waals surface area contributed by atoms with Gasteiger partial charge in [-0.1, -0.05) is 11.6 Å². The minimum Gasteiger partial charge on any atom is -0.364 e. The number of hydrogen-bond donors (Lipinski definition) is 2. The van der Waals surface area contributed by atoms with Crippen molar-refractivity contribution in [1.29, 1.82) is 0 Å². The highest BCUT2D eigenvalue weighted by Crippen LogP contribution is 2.31. The van der Waals surface area contributed by atoms with Gasteiger partial charge in [-0.25, -0.2) is 4.98 Å². The largest absolute Gasteiger partial charge is 0.364 e. The predicted molar refractivity (Wildman–Crippen MR) is 73.2 cm³/mol. The van der Waals surface area contributed by atoms with Crippen molar-refractivity contribution in [3.8, 4) is 0 Å². The highest BCUT2D eigenvalue weighted by molar-refractivity contribution is 6.32. The fourth-order valence-electron chi connectivity index (χ4n) is 2.89. The van der Waals surface area contributed by atoms with Gasteiger partial charge in [0.05, 0.1) is 6.20 Å². The zero-order chi connectivity index (χ0) is 12.5. The second-order valence-corrected chi connectivity index (χ2v) is 5.44. The van der Waals surface area contributed by atoms with Crippen LogP contribution < -0.4 is 10.6 Å². The van der Waals surface area contributed by atoms with Crippen molar-refractivity contribution in [2.45, 2.75) is 18.9 Å². The van der Waals surface area contributed by atoms with Gasteiger partial charge in [-0.2, -0.15) is 4.98 Å². The molecule has 3 saturated heterocycles. The van der Waals surface area contributed by atoms with Gasteiger partial charge >= 0.3 is 0 Å². The summed E-state index contributed by atoms with van der Waals surface area (Å²) in [5.74, 6) is 2.09. The summed E-state index contributed by atoms with van der Waals surface area (Å²) in [6.45, 7) is 3.57. The van der Waals surface area contributed by atoms with Gasteiger partial charge in [-0.3, -0.25) is 0 Å². The van der Waals surface area contributed by atoms with Crippen molar-refractivity contribution in [2.24, 2.45) is 5.92 Å². The van der Waals surface area contributed by atoms with Gasteiger partial charge in [-0.15, -0.1) is 0 Å². The summed E-state index contributed by atoms with van der Waals surface area (Å²) >= 11 is 6.15. The maximum atomic E-state index is 6.15. The second-order valence-electron chi connectivity index (χ2n) is 5.03. The number of hydrogen-bond acceptors (Lipinski definition) is 5. The van der Waals surface area contributed by atoms with Gasteiger partial charge in [0.2, 0.25) is 5.95 Å². The molecule has 3 aliphatic heterocycles. The summed E-state index contributed by atoms with van der Waals surface area (Å²) in [4.78, 5) is 11.0. The average Bonchev–Trinajstić information content (AvgIpc) is 2.43. The molecule has 0 aliphatic carbocycles. The molecule has 3 fully saturated rings. The average molecular weight is 268 g/mol. The first kappa shape index (κ1) is 12.0. The van der Waals surface area contributed by atoms with Crippen LogP contribution in [0, 0.1) is 5.92 Å². The number of anilines is 2. The molecule has 0 aromatic carbocycles. The Morgan fingerprint density at radius 2 is 2.17 bits per heavy atom. The molecule has 0 amide bonds. The normalized spacial score (nSPS) is 30.2. The molecule has 1 atom stereocenters. The highest BCUT2D eigenvalue weighted by atomic mass is 35.5. The smallest absolute Gasteiger partial charge is 0.224 e. The third kappa shape index (κ3) is 2.24. The summed E-state index contributed by atoms with van der Waals surface area (Å²) in [6.07, 6.45) is 4.20. The van der Waals surface area contributed by atoms with Crippen molar-refractivity contribution in [3.63, 3.8) is 0 Å². The van der Waals surface area contributed by atoms with E-state index in [2.05, 4.69) is 25.5 Å². The van der Waals surface area contributed by atoms with Gasteiger partial charge in [0, 0.05) is 19.6 Å². The van der Waals surface area contributed by atoms with E-state index in [0.717, 1.165) is 18.3 Å². The van der Waals surface area contributed by atoms with Crippen LogP contribution in [0.15, 0.2) is 6.20 Å². The zero-order valence-electron chi connectivity index (χ0n) is 10.5. The molecular weight excluding hydrogens is 250 g/mol. The van der Waals surface area contributed by atoms with Crippen molar-refractivity contribution in [2.75, 3.05) is 37.3 Å². The lowest BCUT2D eigenvalue weighted by atomic mass is 9.84. The third-order valence-corrected chi connectivity index (χ3v) is 4.22. The van der Waals surface area contributed by atoms with E-state index in [-0.39, 0.29) is 0 Å². The Labute approximate surface area is 112 Å². The van der Waals surface area contributed by atoms with Crippen LogP contribution in [0.1, 0.15) is 12.8 Å². The van der Waals surface area contributed by atoms with Gasteiger partial charge in [-0.05, 0) is 31.8 Å². The van der Waals surface area contributed by atoms with Crippen molar-refractivity contribution in [3.05, 3.63) is 11.2 Å². The molecule has 6 heteroatoms. The topological polar surface area (TPSA) is 53.1 Å². The lowest BCUT2D eigenvalue weighted by molar-refractivity contribution is 0.0974. The Hall–Kier alpha value is -1.07. The predicted octanol–water partition coefficient (Wildman–Crippen LogP) is 1.68. The Balaban J connectivity index is 1.76. The van der Waals surface area contributed by atoms with E-state index in [1.165, 1.54) is 25.9 Å². The van der Waals surface area contributed by atoms with Crippen LogP contribution >= 0.6 is 11.6 Å². The number of fused-ring (bicyclic) bond motifs is 3. The Kier molecular flexibility index (Phi) is 3.26. The van der Waals surface area contributed by atoms with E-state index in [0.29, 0.717) is 17.0 Å². The maximum absolute atomic E-state index is 6.15. The van der Waals surface area contributed by atoms with Crippen LogP contribution in [0.25, 0.3) is 0 Å². The first-order valence-corrected chi connectivity index (χ1v) is 6.83. The molecule has 1 aromatic heterocycles. The zero-order valence-corrected chi connectivity index (χ0v) is 11.2.